The number of rotatable bonds is 4. The summed E-state index contributed by atoms with van der Waals surface area (Å²) < 4.78 is 25.5. The lowest BCUT2D eigenvalue weighted by atomic mass is 10.1. The Kier molecular flexibility index (Phi) is 3.08. The molecule has 0 saturated heterocycles. The Morgan fingerprint density at radius 1 is 1.17 bits per heavy atom. The number of hydrogen-bond acceptors (Lipinski definition) is 4. The van der Waals surface area contributed by atoms with E-state index in [-0.39, 0.29) is 22.6 Å². The summed E-state index contributed by atoms with van der Waals surface area (Å²) in [5.41, 5.74) is 0.738. The van der Waals surface area contributed by atoms with Gasteiger partial charge in [0.25, 0.3) is 11.8 Å². The van der Waals surface area contributed by atoms with E-state index >= 15 is 0 Å². The van der Waals surface area contributed by atoms with Crippen molar-refractivity contribution in [2.75, 3.05) is 10.5 Å². The summed E-state index contributed by atoms with van der Waals surface area (Å²) in [5, 5.41) is 2.14. The van der Waals surface area contributed by atoms with Crippen LogP contribution in [-0.2, 0) is 10.0 Å². The SMILES string of the molecule is CCCS(=O)(=O)Nc1ccc2c(c1)C(=O)NC2=O. The summed E-state index contributed by atoms with van der Waals surface area (Å²) in [6.45, 7) is 1.76. The van der Waals surface area contributed by atoms with Crippen molar-refractivity contribution in [3.63, 3.8) is 0 Å². The summed E-state index contributed by atoms with van der Waals surface area (Å²) in [7, 11) is -3.40. The third-order valence-corrected chi connectivity index (χ3v) is 3.97. The second-order valence-corrected chi connectivity index (χ2v) is 5.81. The maximum absolute atomic E-state index is 11.6. The molecule has 18 heavy (non-hydrogen) atoms. The van der Waals surface area contributed by atoms with Crippen molar-refractivity contribution < 1.29 is 18.0 Å². The fraction of sp³-hybridized carbons (Fsp3) is 0.273. The molecule has 7 heteroatoms. The van der Waals surface area contributed by atoms with Crippen LogP contribution in [0.25, 0.3) is 0 Å². The van der Waals surface area contributed by atoms with Gasteiger partial charge in [0.1, 0.15) is 0 Å². The van der Waals surface area contributed by atoms with Gasteiger partial charge >= 0.3 is 0 Å². The first-order chi connectivity index (χ1) is 8.43. The highest BCUT2D eigenvalue weighted by Gasteiger charge is 2.27. The van der Waals surface area contributed by atoms with Gasteiger partial charge in [0.15, 0.2) is 0 Å². The first-order valence-corrected chi connectivity index (χ1v) is 7.08. The van der Waals surface area contributed by atoms with E-state index in [1.807, 2.05) is 0 Å². The zero-order valence-electron chi connectivity index (χ0n) is 9.69. The monoisotopic (exact) mass is 268 g/mol. The molecule has 2 N–H and O–H groups in total. The molecular formula is C11H12N2O4S. The van der Waals surface area contributed by atoms with Gasteiger partial charge in [-0.3, -0.25) is 19.6 Å². The third kappa shape index (κ3) is 2.35. The number of anilines is 1. The van der Waals surface area contributed by atoms with Gasteiger partial charge in [-0.2, -0.15) is 0 Å². The van der Waals surface area contributed by atoms with Gasteiger partial charge in [-0.15, -0.1) is 0 Å². The summed E-state index contributed by atoms with van der Waals surface area (Å²) in [5.74, 6) is -0.959. The van der Waals surface area contributed by atoms with E-state index in [1.54, 1.807) is 6.92 Å². The smallest absolute Gasteiger partial charge is 0.259 e. The minimum Gasteiger partial charge on any atom is -0.288 e. The maximum Gasteiger partial charge on any atom is 0.259 e. The van der Waals surface area contributed by atoms with Crippen LogP contribution in [-0.4, -0.2) is 26.0 Å². The topological polar surface area (TPSA) is 92.3 Å². The molecule has 96 valence electrons. The molecule has 1 aromatic rings. The fourth-order valence-electron chi connectivity index (χ4n) is 1.73. The molecule has 2 amide bonds. The average molecular weight is 268 g/mol. The van der Waals surface area contributed by atoms with Gasteiger partial charge in [-0.05, 0) is 24.6 Å². The first kappa shape index (κ1) is 12.6. The molecular weight excluding hydrogens is 256 g/mol. The van der Waals surface area contributed by atoms with Crippen molar-refractivity contribution >= 4 is 27.5 Å². The molecule has 0 bridgehead atoms. The predicted molar refractivity (Wildman–Crippen MR) is 65.9 cm³/mol. The first-order valence-electron chi connectivity index (χ1n) is 5.43. The van der Waals surface area contributed by atoms with Crippen LogP contribution in [0.15, 0.2) is 18.2 Å². The highest BCUT2D eigenvalue weighted by Crippen LogP contribution is 2.21. The fourth-order valence-corrected chi connectivity index (χ4v) is 2.86. The predicted octanol–water partition coefficient (Wildman–Crippen LogP) is 0.722. The molecule has 1 aliphatic rings. The lowest BCUT2D eigenvalue weighted by molar-refractivity contribution is 0.0879. The van der Waals surface area contributed by atoms with Gasteiger partial charge in [0, 0.05) is 5.69 Å². The Hall–Kier alpha value is -1.89. The Bertz CT molecular complexity index is 622. The minimum atomic E-state index is -3.40. The van der Waals surface area contributed by atoms with Crippen molar-refractivity contribution in [1.82, 2.24) is 5.32 Å². The minimum absolute atomic E-state index is 0.00914. The molecule has 0 aromatic heterocycles. The molecule has 1 heterocycles. The van der Waals surface area contributed by atoms with Gasteiger partial charge in [0.2, 0.25) is 10.0 Å². The molecule has 1 aromatic carbocycles. The van der Waals surface area contributed by atoms with Gasteiger partial charge in [-0.1, -0.05) is 6.92 Å². The molecule has 0 fully saturated rings. The summed E-state index contributed by atoms with van der Waals surface area (Å²) >= 11 is 0. The summed E-state index contributed by atoms with van der Waals surface area (Å²) in [6.07, 6.45) is 0.499. The summed E-state index contributed by atoms with van der Waals surface area (Å²) in [6, 6.07) is 4.26. The number of imide groups is 1. The van der Waals surface area contributed by atoms with Gasteiger partial charge < -0.3 is 0 Å². The quantitative estimate of drug-likeness (QED) is 0.787. The summed E-state index contributed by atoms with van der Waals surface area (Å²) in [4.78, 5) is 22.7. The zero-order chi connectivity index (χ0) is 13.3. The van der Waals surface area contributed by atoms with Gasteiger partial charge in [-0.25, -0.2) is 8.42 Å². The number of fused-ring (bicyclic) bond motifs is 1. The Labute approximate surface area is 104 Å². The van der Waals surface area contributed by atoms with Crippen LogP contribution < -0.4 is 10.0 Å². The Morgan fingerprint density at radius 3 is 2.50 bits per heavy atom. The van der Waals surface area contributed by atoms with Crippen molar-refractivity contribution in [2.24, 2.45) is 0 Å². The number of nitrogens with one attached hydrogen (secondary N) is 2. The van der Waals surface area contributed by atoms with Crippen molar-refractivity contribution in [1.29, 1.82) is 0 Å². The van der Waals surface area contributed by atoms with E-state index in [4.69, 9.17) is 0 Å². The second kappa shape index (κ2) is 4.41. The standard InChI is InChI=1S/C11H12N2O4S/c1-2-5-18(16,17)13-7-3-4-8-9(6-7)11(15)12-10(8)14/h3-4,6,13H,2,5H2,1H3,(H,12,14,15). The molecule has 0 spiro atoms. The van der Waals surface area contributed by atoms with Crippen LogP contribution in [0.5, 0.6) is 0 Å². The molecule has 0 atom stereocenters. The number of hydrogen-bond donors (Lipinski definition) is 2. The zero-order valence-corrected chi connectivity index (χ0v) is 10.5. The highest BCUT2D eigenvalue weighted by molar-refractivity contribution is 7.92. The van der Waals surface area contributed by atoms with E-state index in [0.29, 0.717) is 6.42 Å². The Balaban J connectivity index is 2.31. The van der Waals surface area contributed by atoms with Crippen LogP contribution in [0.1, 0.15) is 34.1 Å². The van der Waals surface area contributed by atoms with Crippen LogP contribution in [0.4, 0.5) is 5.69 Å². The van der Waals surface area contributed by atoms with Crippen molar-refractivity contribution in [3.8, 4) is 0 Å². The lowest BCUT2D eigenvalue weighted by Gasteiger charge is -2.07. The van der Waals surface area contributed by atoms with Crippen molar-refractivity contribution in [2.45, 2.75) is 13.3 Å². The largest absolute Gasteiger partial charge is 0.288 e. The molecule has 0 radical (unpaired) electrons. The van der Waals surface area contributed by atoms with Crippen LogP contribution >= 0.6 is 0 Å². The molecule has 0 saturated carbocycles. The normalized spacial score (nSPS) is 14.3. The molecule has 6 nitrogen and oxygen atoms in total. The van der Waals surface area contributed by atoms with E-state index in [2.05, 4.69) is 10.0 Å². The number of carbonyl (C=O) groups is 2. The number of carbonyl (C=O) groups excluding carboxylic acids is 2. The van der Waals surface area contributed by atoms with Crippen molar-refractivity contribution in [3.05, 3.63) is 29.3 Å². The molecule has 1 aliphatic heterocycles. The molecule has 0 aliphatic carbocycles. The number of benzene rings is 1. The molecule has 2 rings (SSSR count). The lowest BCUT2D eigenvalue weighted by Crippen LogP contribution is -2.20. The molecule has 0 unspecified atom stereocenters. The maximum atomic E-state index is 11.6. The van der Waals surface area contributed by atoms with E-state index in [1.165, 1.54) is 18.2 Å². The van der Waals surface area contributed by atoms with Gasteiger partial charge in [0.05, 0.1) is 16.9 Å². The van der Waals surface area contributed by atoms with Crippen LogP contribution in [0.3, 0.4) is 0 Å². The Morgan fingerprint density at radius 2 is 1.83 bits per heavy atom. The average Bonchev–Trinajstić information content (AvgIpc) is 2.53. The second-order valence-electron chi connectivity index (χ2n) is 3.96. The van der Waals surface area contributed by atoms with Crippen LogP contribution in [0.2, 0.25) is 0 Å². The van der Waals surface area contributed by atoms with E-state index in [9.17, 15) is 18.0 Å². The number of amides is 2. The third-order valence-electron chi connectivity index (χ3n) is 2.48. The van der Waals surface area contributed by atoms with E-state index in [0.717, 1.165) is 0 Å². The number of sulfonamides is 1. The van der Waals surface area contributed by atoms with Crippen LogP contribution in [0, 0.1) is 0 Å². The van der Waals surface area contributed by atoms with E-state index < -0.39 is 21.8 Å². The highest BCUT2D eigenvalue weighted by atomic mass is 32.2.